The molecule has 0 aliphatic rings. The predicted molar refractivity (Wildman–Crippen MR) is 181 cm³/mol. The maximum atomic E-state index is 12.5. The quantitative estimate of drug-likeness (QED) is 0.0422. The SMILES string of the molecule is CCCCCCCCCCCCCCCCCC(=O)OC(=O)C(CCCCCCCCCCCCCCCC)OCC. The maximum absolute atomic E-state index is 12.5. The summed E-state index contributed by atoms with van der Waals surface area (Å²) in [5.41, 5.74) is 0. The van der Waals surface area contributed by atoms with E-state index in [2.05, 4.69) is 13.8 Å². The molecule has 0 radical (unpaired) electrons. The molecule has 0 bridgehead atoms. The van der Waals surface area contributed by atoms with Gasteiger partial charge >= 0.3 is 11.9 Å². The largest absolute Gasteiger partial charge is 0.391 e. The van der Waals surface area contributed by atoms with Crippen LogP contribution in [0.25, 0.3) is 0 Å². The highest BCUT2D eigenvalue weighted by Crippen LogP contribution is 2.16. The van der Waals surface area contributed by atoms with E-state index in [4.69, 9.17) is 9.47 Å². The van der Waals surface area contributed by atoms with Crippen LogP contribution in [0.4, 0.5) is 0 Å². The number of hydrogen-bond acceptors (Lipinski definition) is 4. The Hall–Kier alpha value is -0.900. The van der Waals surface area contributed by atoms with Gasteiger partial charge in [-0.1, -0.05) is 194 Å². The molecule has 1 atom stereocenters. The van der Waals surface area contributed by atoms with Gasteiger partial charge in [0.15, 0.2) is 6.10 Å². The highest BCUT2D eigenvalue weighted by molar-refractivity contribution is 5.87. The Labute approximate surface area is 263 Å². The summed E-state index contributed by atoms with van der Waals surface area (Å²) in [6.07, 6.45) is 38.2. The minimum Gasteiger partial charge on any atom is -0.391 e. The van der Waals surface area contributed by atoms with Crippen LogP contribution in [0.3, 0.4) is 0 Å². The number of ether oxygens (including phenoxy) is 2. The molecule has 0 aromatic rings. The molecule has 42 heavy (non-hydrogen) atoms. The van der Waals surface area contributed by atoms with Gasteiger partial charge in [-0.05, 0) is 19.8 Å². The number of hydrogen-bond donors (Lipinski definition) is 0. The first-order chi connectivity index (χ1) is 20.7. The van der Waals surface area contributed by atoms with Gasteiger partial charge in [-0.2, -0.15) is 0 Å². The van der Waals surface area contributed by atoms with Gasteiger partial charge in [-0.15, -0.1) is 0 Å². The second-order valence-electron chi connectivity index (χ2n) is 12.8. The third kappa shape index (κ3) is 30.6. The number of carbonyl (C=O) groups excluding carboxylic acids is 2. The highest BCUT2D eigenvalue weighted by Gasteiger charge is 2.22. The molecule has 0 amide bonds. The van der Waals surface area contributed by atoms with E-state index in [0.29, 0.717) is 19.4 Å². The summed E-state index contributed by atoms with van der Waals surface area (Å²) in [5.74, 6) is -0.877. The molecule has 0 saturated carbocycles. The van der Waals surface area contributed by atoms with Gasteiger partial charge < -0.3 is 9.47 Å². The molecule has 0 N–H and O–H groups in total. The minimum absolute atomic E-state index is 0.335. The molecule has 0 saturated heterocycles. The lowest BCUT2D eigenvalue weighted by Crippen LogP contribution is -2.28. The second kappa shape index (κ2) is 34.6. The average Bonchev–Trinajstić information content (AvgIpc) is 2.98. The molecule has 0 aliphatic carbocycles. The van der Waals surface area contributed by atoms with Crippen molar-refractivity contribution in [1.82, 2.24) is 0 Å². The highest BCUT2D eigenvalue weighted by atomic mass is 16.6. The van der Waals surface area contributed by atoms with Crippen molar-refractivity contribution in [3.05, 3.63) is 0 Å². The van der Waals surface area contributed by atoms with Gasteiger partial charge in [0.25, 0.3) is 0 Å². The van der Waals surface area contributed by atoms with E-state index < -0.39 is 12.1 Å². The monoisotopic (exact) mass is 595 g/mol. The van der Waals surface area contributed by atoms with Crippen LogP contribution in [0.5, 0.6) is 0 Å². The molecule has 0 aromatic heterocycles. The Kier molecular flexibility index (Phi) is 33.8. The fourth-order valence-electron chi connectivity index (χ4n) is 5.86. The van der Waals surface area contributed by atoms with Crippen molar-refractivity contribution in [1.29, 1.82) is 0 Å². The number of rotatable bonds is 34. The minimum atomic E-state index is -0.600. The molecule has 4 nitrogen and oxygen atoms in total. The first-order valence-electron chi connectivity index (χ1n) is 19.0. The summed E-state index contributed by atoms with van der Waals surface area (Å²) in [6.45, 7) is 6.91. The van der Waals surface area contributed by atoms with Crippen molar-refractivity contribution in [2.45, 2.75) is 226 Å². The Morgan fingerprint density at radius 1 is 0.429 bits per heavy atom. The van der Waals surface area contributed by atoms with Crippen molar-refractivity contribution >= 4 is 11.9 Å². The zero-order chi connectivity index (χ0) is 30.8. The molecular formula is C38H74O4. The van der Waals surface area contributed by atoms with Crippen LogP contribution < -0.4 is 0 Å². The third-order valence-electron chi connectivity index (χ3n) is 8.65. The molecule has 0 aromatic carbocycles. The van der Waals surface area contributed by atoms with Crippen LogP contribution in [0, 0.1) is 0 Å². The number of carbonyl (C=O) groups is 2. The Morgan fingerprint density at radius 3 is 1.07 bits per heavy atom. The fraction of sp³-hybridized carbons (Fsp3) is 0.947. The fourth-order valence-corrected chi connectivity index (χ4v) is 5.86. The van der Waals surface area contributed by atoms with Crippen molar-refractivity contribution < 1.29 is 19.1 Å². The lowest BCUT2D eigenvalue weighted by atomic mass is 10.0. The van der Waals surface area contributed by atoms with E-state index in [1.54, 1.807) is 0 Å². The summed E-state index contributed by atoms with van der Waals surface area (Å²) in [7, 11) is 0. The summed E-state index contributed by atoms with van der Waals surface area (Å²) < 4.78 is 10.8. The van der Waals surface area contributed by atoms with Gasteiger partial charge in [0.1, 0.15) is 0 Å². The lowest BCUT2D eigenvalue weighted by molar-refractivity contribution is -0.168. The summed E-state index contributed by atoms with van der Waals surface area (Å²) in [6, 6.07) is 0. The van der Waals surface area contributed by atoms with Gasteiger partial charge in [0, 0.05) is 13.0 Å². The Bertz CT molecular complexity index is 561. The van der Waals surface area contributed by atoms with E-state index in [9.17, 15) is 9.59 Å². The Balaban J connectivity index is 3.63. The van der Waals surface area contributed by atoms with Crippen LogP contribution >= 0.6 is 0 Å². The predicted octanol–water partition coefficient (Wildman–Crippen LogP) is 12.6. The zero-order valence-electron chi connectivity index (χ0n) is 28.8. The van der Waals surface area contributed by atoms with Crippen molar-refractivity contribution in [2.24, 2.45) is 0 Å². The van der Waals surface area contributed by atoms with E-state index in [1.165, 1.54) is 161 Å². The molecule has 0 heterocycles. The lowest BCUT2D eigenvalue weighted by Gasteiger charge is -2.15. The number of esters is 2. The van der Waals surface area contributed by atoms with Crippen LogP contribution in [0.15, 0.2) is 0 Å². The smallest absolute Gasteiger partial charge is 0.342 e. The van der Waals surface area contributed by atoms with Crippen LogP contribution in [-0.2, 0) is 19.1 Å². The summed E-state index contributed by atoms with van der Waals surface area (Å²) in [5, 5.41) is 0. The Morgan fingerprint density at radius 2 is 0.738 bits per heavy atom. The average molecular weight is 595 g/mol. The maximum Gasteiger partial charge on any atom is 0.342 e. The first kappa shape index (κ1) is 41.1. The molecule has 1 unspecified atom stereocenters. The van der Waals surface area contributed by atoms with Crippen molar-refractivity contribution in [3.8, 4) is 0 Å². The van der Waals surface area contributed by atoms with Crippen molar-refractivity contribution in [2.75, 3.05) is 6.61 Å². The molecule has 0 fully saturated rings. The van der Waals surface area contributed by atoms with E-state index in [1.807, 2.05) is 6.92 Å². The second-order valence-corrected chi connectivity index (χ2v) is 12.8. The van der Waals surface area contributed by atoms with Crippen LogP contribution in [0.1, 0.15) is 220 Å². The molecule has 250 valence electrons. The van der Waals surface area contributed by atoms with E-state index in [0.717, 1.165) is 25.7 Å². The molecule has 0 aliphatic heterocycles. The molecule has 4 heteroatoms. The molecular weight excluding hydrogens is 520 g/mol. The first-order valence-corrected chi connectivity index (χ1v) is 19.0. The normalized spacial score (nSPS) is 12.1. The third-order valence-corrected chi connectivity index (χ3v) is 8.65. The zero-order valence-corrected chi connectivity index (χ0v) is 28.8. The van der Waals surface area contributed by atoms with Crippen LogP contribution in [0.2, 0.25) is 0 Å². The molecule has 0 rings (SSSR count). The standard InChI is InChI=1S/C38H74O4/c1-4-7-9-11-13-15-17-19-21-23-25-27-29-31-33-35-37(39)42-38(40)36(41-6-3)34-32-30-28-26-24-22-20-18-16-14-12-10-8-5-2/h36H,4-35H2,1-3H3. The van der Waals surface area contributed by atoms with E-state index in [-0.39, 0.29) is 5.97 Å². The van der Waals surface area contributed by atoms with Crippen molar-refractivity contribution in [3.63, 3.8) is 0 Å². The topological polar surface area (TPSA) is 52.6 Å². The summed E-state index contributed by atoms with van der Waals surface area (Å²) >= 11 is 0. The van der Waals surface area contributed by atoms with Gasteiger partial charge in [-0.25, -0.2) is 4.79 Å². The van der Waals surface area contributed by atoms with Gasteiger partial charge in [0.2, 0.25) is 0 Å². The number of unbranched alkanes of at least 4 members (excludes halogenated alkanes) is 27. The van der Waals surface area contributed by atoms with Gasteiger partial charge in [-0.3, -0.25) is 4.79 Å². The van der Waals surface area contributed by atoms with Crippen LogP contribution in [-0.4, -0.2) is 24.6 Å². The summed E-state index contributed by atoms with van der Waals surface area (Å²) in [4.78, 5) is 24.7. The van der Waals surface area contributed by atoms with E-state index >= 15 is 0 Å². The molecule has 0 spiro atoms. The van der Waals surface area contributed by atoms with Gasteiger partial charge in [0.05, 0.1) is 0 Å².